The lowest BCUT2D eigenvalue weighted by Gasteiger charge is -2.12. The van der Waals surface area contributed by atoms with E-state index in [0.29, 0.717) is 11.8 Å². The van der Waals surface area contributed by atoms with Crippen molar-refractivity contribution < 1.29 is 0 Å². The molecule has 620 valence electrons. The largest absolute Gasteiger partial charge is 0.309 e. The first-order valence-corrected chi connectivity index (χ1v) is 45.2. The van der Waals surface area contributed by atoms with Gasteiger partial charge in [-0.25, -0.2) is 24.9 Å². The van der Waals surface area contributed by atoms with Crippen LogP contribution in [0.15, 0.2) is 485 Å². The molecule has 21 aromatic carbocycles. The molecule has 0 amide bonds. The summed E-state index contributed by atoms with van der Waals surface area (Å²) in [5.74, 6) is 1.39. The third-order valence-electron chi connectivity index (χ3n) is 26.5. The Kier molecular flexibility index (Phi) is 19.1. The fourth-order valence-electron chi connectivity index (χ4n) is 20.1. The zero-order valence-corrected chi connectivity index (χ0v) is 72.3. The van der Waals surface area contributed by atoms with Gasteiger partial charge in [0.2, 0.25) is 5.95 Å². The second-order valence-electron chi connectivity index (χ2n) is 34.1. The summed E-state index contributed by atoms with van der Waals surface area (Å²) in [6.45, 7) is 0. The number of para-hydroxylation sites is 7. The number of fused-ring (bicyclic) bond motifs is 20. The summed E-state index contributed by atoms with van der Waals surface area (Å²) >= 11 is 0. The summed E-state index contributed by atoms with van der Waals surface area (Å²) in [6.07, 6.45) is 1.86. The van der Waals surface area contributed by atoms with Crippen LogP contribution in [0.1, 0.15) is 0 Å². The molecule has 0 saturated carbocycles. The van der Waals surface area contributed by atoms with Crippen LogP contribution in [0.3, 0.4) is 0 Å². The fraction of sp³-hybridized carbons (Fsp3) is 0. The van der Waals surface area contributed by atoms with Crippen molar-refractivity contribution in [1.29, 1.82) is 0 Å². The minimum atomic E-state index is 0.671. The van der Waals surface area contributed by atoms with E-state index in [1.54, 1.807) is 0 Å². The summed E-state index contributed by atoms with van der Waals surface area (Å²) in [6, 6.07) is 171. The van der Waals surface area contributed by atoms with Gasteiger partial charge in [0.25, 0.3) is 0 Å². The SMILES string of the molecule is c1cc(-c2ccc3c4ccccc4c4ccccc4c3c2)cc(-c2ccnc(-n3c4ccccc4c4ccccc43)n2)c1.c1ccc(-c2ccc(-c3cc(-c4ccc5c(c4)c4ccccc4n5-c4ccccc4)nc4ccccc34)cc2)cc1.c1ccc2cc(-c3ccc(-c4nc(-c5ccc(-n6c7ccccc7c7c8ccccc8ccc76)cc5)nc5ccccc45)cc3)ccc2c1. The van der Waals surface area contributed by atoms with Gasteiger partial charge in [-0.05, 0) is 220 Å². The van der Waals surface area contributed by atoms with Crippen molar-refractivity contribution in [2.45, 2.75) is 0 Å². The molecule has 6 aromatic heterocycles. The number of benzene rings is 21. The van der Waals surface area contributed by atoms with E-state index in [1.165, 1.54) is 147 Å². The van der Waals surface area contributed by atoms with Gasteiger partial charge in [0.05, 0.1) is 61.2 Å². The molecule has 0 saturated heterocycles. The Bertz CT molecular complexity index is 9170. The van der Waals surface area contributed by atoms with Gasteiger partial charge in [0, 0.05) is 82.9 Å². The lowest BCUT2D eigenvalue weighted by Crippen LogP contribution is -2.01. The molecule has 0 bridgehead atoms. The maximum Gasteiger partial charge on any atom is 0.235 e. The van der Waals surface area contributed by atoms with E-state index >= 15 is 0 Å². The van der Waals surface area contributed by atoms with Crippen molar-refractivity contribution >= 4 is 141 Å². The van der Waals surface area contributed by atoms with E-state index in [9.17, 15) is 0 Å². The molecule has 0 aliphatic heterocycles. The average molecular weight is 1690 g/mol. The van der Waals surface area contributed by atoms with Crippen molar-refractivity contribution in [3.05, 3.63) is 485 Å². The van der Waals surface area contributed by atoms with Crippen LogP contribution < -0.4 is 0 Å². The van der Waals surface area contributed by atoms with Gasteiger partial charge in [-0.1, -0.05) is 358 Å². The van der Waals surface area contributed by atoms with Gasteiger partial charge < -0.3 is 9.13 Å². The molecule has 0 aliphatic carbocycles. The second kappa shape index (κ2) is 32.8. The first-order chi connectivity index (χ1) is 65.9. The number of hydrogen-bond donors (Lipinski definition) is 0. The zero-order valence-electron chi connectivity index (χ0n) is 72.3. The third-order valence-corrected chi connectivity index (χ3v) is 26.5. The number of pyridine rings is 1. The molecule has 27 aromatic rings. The topological polar surface area (TPSA) is 79.2 Å². The Morgan fingerprint density at radius 3 is 1.28 bits per heavy atom. The molecule has 0 unspecified atom stereocenters. The molecular formula is C125H80N8. The van der Waals surface area contributed by atoms with Crippen LogP contribution in [0.2, 0.25) is 0 Å². The molecule has 0 fully saturated rings. The predicted molar refractivity (Wildman–Crippen MR) is 557 cm³/mol. The minimum absolute atomic E-state index is 0.671. The van der Waals surface area contributed by atoms with Crippen LogP contribution in [0.25, 0.3) is 248 Å². The molecule has 133 heavy (non-hydrogen) atoms. The van der Waals surface area contributed by atoms with Crippen LogP contribution in [0, 0.1) is 0 Å². The van der Waals surface area contributed by atoms with Crippen molar-refractivity contribution in [2.24, 2.45) is 0 Å². The smallest absolute Gasteiger partial charge is 0.235 e. The summed E-state index contributed by atoms with van der Waals surface area (Å²) in [7, 11) is 0. The van der Waals surface area contributed by atoms with Crippen LogP contribution >= 0.6 is 0 Å². The van der Waals surface area contributed by atoms with Gasteiger partial charge in [-0.2, -0.15) is 0 Å². The highest BCUT2D eigenvalue weighted by Crippen LogP contribution is 2.44. The molecule has 0 spiro atoms. The Labute approximate surface area is 766 Å². The molecule has 8 heteroatoms. The Hall–Kier alpha value is -17.9. The van der Waals surface area contributed by atoms with Gasteiger partial charge in [-0.15, -0.1) is 0 Å². The van der Waals surface area contributed by atoms with Gasteiger partial charge in [0.1, 0.15) is 0 Å². The van der Waals surface area contributed by atoms with Crippen molar-refractivity contribution in [3.8, 4) is 107 Å². The number of hydrogen-bond acceptors (Lipinski definition) is 5. The molecule has 0 radical (unpaired) electrons. The highest BCUT2D eigenvalue weighted by Gasteiger charge is 2.22. The highest BCUT2D eigenvalue weighted by molar-refractivity contribution is 6.26. The van der Waals surface area contributed by atoms with Gasteiger partial charge in [0.15, 0.2) is 5.82 Å². The van der Waals surface area contributed by atoms with Gasteiger partial charge in [-0.3, -0.25) is 4.57 Å². The Morgan fingerprint density at radius 1 is 0.173 bits per heavy atom. The normalized spacial score (nSPS) is 11.6. The lowest BCUT2D eigenvalue weighted by molar-refractivity contribution is 0.992. The van der Waals surface area contributed by atoms with E-state index < -0.39 is 0 Å². The Morgan fingerprint density at radius 2 is 0.586 bits per heavy atom. The van der Waals surface area contributed by atoms with E-state index in [4.69, 9.17) is 24.9 Å². The molecular weight excluding hydrogens is 1610 g/mol. The quantitative estimate of drug-likeness (QED) is 0.121. The monoisotopic (exact) mass is 1690 g/mol. The van der Waals surface area contributed by atoms with Crippen LogP contribution in [-0.2, 0) is 0 Å². The van der Waals surface area contributed by atoms with Crippen LogP contribution in [0.4, 0.5) is 0 Å². The highest BCUT2D eigenvalue weighted by atomic mass is 15.2. The second-order valence-corrected chi connectivity index (χ2v) is 34.1. The van der Waals surface area contributed by atoms with E-state index in [-0.39, 0.29) is 0 Å². The van der Waals surface area contributed by atoms with Gasteiger partial charge >= 0.3 is 0 Å². The minimum Gasteiger partial charge on any atom is -0.309 e. The Balaban J connectivity index is 0.000000107. The third kappa shape index (κ3) is 13.8. The molecule has 0 N–H and O–H groups in total. The first-order valence-electron chi connectivity index (χ1n) is 45.2. The maximum absolute atomic E-state index is 5.19. The lowest BCUT2D eigenvalue weighted by atomic mass is 9.92. The summed E-state index contributed by atoms with van der Waals surface area (Å²) in [5.41, 5.74) is 27.8. The number of nitrogens with zero attached hydrogens (tertiary/aromatic N) is 8. The maximum atomic E-state index is 5.19. The molecule has 0 aliphatic rings. The fourth-order valence-corrected chi connectivity index (χ4v) is 20.1. The molecule has 27 rings (SSSR count). The predicted octanol–water partition coefficient (Wildman–Crippen LogP) is 32.7. The summed E-state index contributed by atoms with van der Waals surface area (Å²) < 4.78 is 6.88. The van der Waals surface area contributed by atoms with E-state index in [1.807, 2.05) is 18.3 Å². The molecule has 6 heterocycles. The number of rotatable bonds is 11. The average Bonchev–Trinajstić information content (AvgIpc) is 1.62. The van der Waals surface area contributed by atoms with Crippen molar-refractivity contribution in [1.82, 2.24) is 38.6 Å². The zero-order chi connectivity index (χ0) is 87.8. The van der Waals surface area contributed by atoms with Crippen LogP contribution in [-0.4, -0.2) is 38.6 Å². The molecule has 0 atom stereocenters. The van der Waals surface area contributed by atoms with Crippen LogP contribution in [0.5, 0.6) is 0 Å². The van der Waals surface area contributed by atoms with Crippen molar-refractivity contribution in [3.63, 3.8) is 0 Å². The van der Waals surface area contributed by atoms with Crippen molar-refractivity contribution in [2.75, 3.05) is 0 Å². The standard InChI is InChI=1S/C46H29N3.C40H25N3.C39H26N2/c1-2-11-35-29-36(22-19-30(35)9-1)31-17-20-33(21-18-31)45-39-13-5-7-15-41(39)47-46(48-45)34-23-26-37(27-24-34)49-42-16-8-6-14-40(42)44-38-12-4-3-10-32(38)25-28-43(44)49;1-2-14-31-29(12-1)30-13-3-4-15-32(30)36-25-27(20-21-33(31)36)26-10-9-11-28(24-26)37-22-23-41-40(42-37)43-38-18-7-5-16-34(38)35-17-6-8-19-39(35)43;1-3-11-27(12-4-1)28-19-21-29(22-20-28)34-26-37(40-36-17-9-7-15-32(34)36)30-23-24-39-35(25-30)33-16-8-10-18-38(33)41(39)31-13-5-2-6-14-31/h1-29H;1-25H;1-26H. The van der Waals surface area contributed by atoms with E-state index in [2.05, 4.69) is 481 Å². The van der Waals surface area contributed by atoms with E-state index in [0.717, 1.165) is 89.1 Å². The number of aromatic nitrogens is 8. The summed E-state index contributed by atoms with van der Waals surface area (Å²) in [4.78, 5) is 25.2. The first kappa shape index (κ1) is 77.5. The molecule has 8 nitrogen and oxygen atoms in total. The summed E-state index contributed by atoms with van der Waals surface area (Å²) in [5, 5.41) is 22.3.